The number of hydrogen-bond acceptors (Lipinski definition) is 0. The first-order valence-corrected chi connectivity index (χ1v) is 5.25. The molecule has 0 aliphatic carbocycles. The van der Waals surface area contributed by atoms with Crippen LogP contribution in [-0.2, 0) is 0 Å². The topological polar surface area (TPSA) is 0 Å². The van der Waals surface area contributed by atoms with Gasteiger partial charge in [-0.1, -0.05) is 52.4 Å². The van der Waals surface area contributed by atoms with E-state index in [2.05, 4.69) is 55.0 Å². The van der Waals surface area contributed by atoms with Crippen LogP contribution in [0.2, 0.25) is 10.6 Å². The monoisotopic (exact) mass is 180 g/mol. The van der Waals surface area contributed by atoms with Crippen LogP contribution in [0.1, 0.15) is 48.5 Å². The molecule has 0 heterocycles. The summed E-state index contributed by atoms with van der Waals surface area (Å²) in [4.78, 5) is 0. The van der Waals surface area contributed by atoms with Crippen molar-refractivity contribution in [2.24, 2.45) is 5.92 Å². The summed E-state index contributed by atoms with van der Waals surface area (Å²) in [5, 5.41) is 0.677. The molecule has 0 aromatic carbocycles. The minimum absolute atomic E-state index is 0.272. The zero-order chi connectivity index (χ0) is 10.9. The molecule has 0 unspecified atom stereocenters. The molecule has 76 valence electrons. The van der Waals surface area contributed by atoms with Crippen LogP contribution in [-0.4, -0.2) is 7.28 Å². The predicted octanol–water partition coefficient (Wildman–Crippen LogP) is 4.05. The van der Waals surface area contributed by atoms with Crippen molar-refractivity contribution in [2.75, 3.05) is 0 Å². The van der Waals surface area contributed by atoms with Crippen LogP contribution in [0.5, 0.6) is 0 Å². The molecule has 0 fully saturated rings. The fourth-order valence-electron chi connectivity index (χ4n) is 1.49. The maximum absolute atomic E-state index is 4.07. The average Bonchev–Trinajstić information content (AvgIpc) is 1.83. The highest BCUT2D eigenvalue weighted by Gasteiger charge is 2.33. The Bertz CT molecular complexity index is 187. The summed E-state index contributed by atoms with van der Waals surface area (Å²) in [6, 6.07) is 0. The van der Waals surface area contributed by atoms with Crippen molar-refractivity contribution < 1.29 is 0 Å². The van der Waals surface area contributed by atoms with Gasteiger partial charge in [0.2, 0.25) is 0 Å². The van der Waals surface area contributed by atoms with E-state index < -0.39 is 0 Å². The van der Waals surface area contributed by atoms with E-state index in [4.69, 9.17) is 0 Å². The second-order valence-electron chi connectivity index (χ2n) is 5.98. The van der Waals surface area contributed by atoms with E-state index in [1.54, 1.807) is 0 Å². The Morgan fingerprint density at radius 3 is 1.77 bits per heavy atom. The zero-order valence-corrected chi connectivity index (χ0v) is 10.5. The fraction of sp³-hybridized carbons (Fsp3) is 0.833. The first-order chi connectivity index (χ1) is 5.59. The molecule has 0 saturated carbocycles. The van der Waals surface area contributed by atoms with Crippen LogP contribution < -0.4 is 0 Å². The molecule has 0 aromatic rings. The van der Waals surface area contributed by atoms with E-state index in [0.29, 0.717) is 5.31 Å². The Morgan fingerprint density at radius 1 is 1.15 bits per heavy atom. The van der Waals surface area contributed by atoms with Gasteiger partial charge in [-0.25, -0.2) is 0 Å². The minimum atomic E-state index is 0.272. The SMILES string of the molecule is C=C(C)C(C)(C)BC(C)(C)C(C)C. The largest absolute Gasteiger partial charge is 0.139 e. The molecule has 0 radical (unpaired) electrons. The maximum Gasteiger partial charge on any atom is 0.139 e. The van der Waals surface area contributed by atoms with Crippen molar-refractivity contribution in [1.29, 1.82) is 0 Å². The average molecular weight is 180 g/mol. The molecule has 0 bridgehead atoms. The fourth-order valence-corrected chi connectivity index (χ4v) is 1.49. The molecule has 0 atom stereocenters. The van der Waals surface area contributed by atoms with Crippen LogP contribution in [0.25, 0.3) is 0 Å². The van der Waals surface area contributed by atoms with Crippen molar-refractivity contribution in [3.63, 3.8) is 0 Å². The van der Waals surface area contributed by atoms with Gasteiger partial charge in [-0.05, 0) is 18.2 Å². The smallest absolute Gasteiger partial charge is 0.100 e. The Labute approximate surface area is 85.1 Å². The van der Waals surface area contributed by atoms with Gasteiger partial charge in [0.1, 0.15) is 7.28 Å². The zero-order valence-electron chi connectivity index (χ0n) is 10.5. The van der Waals surface area contributed by atoms with Crippen molar-refractivity contribution in [1.82, 2.24) is 0 Å². The van der Waals surface area contributed by atoms with Crippen LogP contribution in [0.15, 0.2) is 12.2 Å². The van der Waals surface area contributed by atoms with Gasteiger partial charge in [0.25, 0.3) is 0 Å². The minimum Gasteiger partial charge on any atom is -0.100 e. The van der Waals surface area contributed by atoms with Gasteiger partial charge in [0.05, 0.1) is 0 Å². The van der Waals surface area contributed by atoms with Gasteiger partial charge >= 0.3 is 0 Å². The summed E-state index contributed by atoms with van der Waals surface area (Å²) in [5.41, 5.74) is 1.29. The summed E-state index contributed by atoms with van der Waals surface area (Å²) in [5.74, 6) is 0.728. The summed E-state index contributed by atoms with van der Waals surface area (Å²) >= 11 is 0. The Hall–Kier alpha value is -0.195. The normalized spacial score (nSPS) is 13.2. The first-order valence-electron chi connectivity index (χ1n) is 5.25. The molecular formula is C12H25B. The molecule has 0 aromatic heterocycles. The van der Waals surface area contributed by atoms with Gasteiger partial charge in [0.15, 0.2) is 0 Å². The van der Waals surface area contributed by atoms with E-state index >= 15 is 0 Å². The van der Waals surface area contributed by atoms with Gasteiger partial charge in [-0.2, -0.15) is 0 Å². The molecule has 0 saturated heterocycles. The van der Waals surface area contributed by atoms with E-state index in [1.165, 1.54) is 12.9 Å². The highest BCUT2D eigenvalue weighted by Crippen LogP contribution is 2.44. The molecule has 0 spiro atoms. The standard InChI is InChI=1S/C12H25B/c1-9(2)11(5,6)13-12(7,8)10(3)4/h10,13H,1H2,2-8H3. The van der Waals surface area contributed by atoms with Gasteiger partial charge in [-0.3, -0.25) is 0 Å². The van der Waals surface area contributed by atoms with Crippen LogP contribution in [0.4, 0.5) is 0 Å². The molecular weight excluding hydrogens is 155 g/mol. The number of allylic oxidation sites excluding steroid dienone is 1. The summed E-state index contributed by atoms with van der Waals surface area (Å²) in [7, 11) is 1.22. The molecule has 1 heteroatoms. The highest BCUT2D eigenvalue weighted by atomic mass is 14.2. The summed E-state index contributed by atoms with van der Waals surface area (Å²) < 4.78 is 0. The molecule has 0 N–H and O–H groups in total. The third-order valence-electron chi connectivity index (χ3n) is 3.62. The lowest BCUT2D eigenvalue weighted by Gasteiger charge is -2.37. The quantitative estimate of drug-likeness (QED) is 0.452. The van der Waals surface area contributed by atoms with Gasteiger partial charge < -0.3 is 0 Å². The predicted molar refractivity (Wildman–Crippen MR) is 64.9 cm³/mol. The second-order valence-corrected chi connectivity index (χ2v) is 5.98. The third kappa shape index (κ3) is 3.58. The van der Waals surface area contributed by atoms with Gasteiger partial charge in [-0.15, -0.1) is 6.58 Å². The van der Waals surface area contributed by atoms with E-state index in [-0.39, 0.29) is 5.31 Å². The number of rotatable bonds is 4. The van der Waals surface area contributed by atoms with Crippen LogP contribution in [0, 0.1) is 5.92 Å². The molecule has 13 heavy (non-hydrogen) atoms. The third-order valence-corrected chi connectivity index (χ3v) is 3.62. The Balaban J connectivity index is 4.52. The molecule has 0 aliphatic heterocycles. The lowest BCUT2D eigenvalue weighted by molar-refractivity contribution is 0.462. The first kappa shape index (κ1) is 12.8. The molecule has 0 aliphatic rings. The van der Waals surface area contributed by atoms with Crippen molar-refractivity contribution >= 4 is 7.28 Å². The van der Waals surface area contributed by atoms with E-state index in [1.807, 2.05) is 0 Å². The molecule has 0 nitrogen and oxygen atoms in total. The summed E-state index contributed by atoms with van der Waals surface area (Å²) in [6.45, 7) is 20.1. The van der Waals surface area contributed by atoms with E-state index in [9.17, 15) is 0 Å². The van der Waals surface area contributed by atoms with Gasteiger partial charge in [0, 0.05) is 0 Å². The Kier molecular flexibility index (Phi) is 3.84. The van der Waals surface area contributed by atoms with Crippen LogP contribution in [0.3, 0.4) is 0 Å². The van der Waals surface area contributed by atoms with Crippen molar-refractivity contribution in [2.45, 2.75) is 59.1 Å². The van der Waals surface area contributed by atoms with Crippen molar-refractivity contribution in [3.8, 4) is 0 Å². The van der Waals surface area contributed by atoms with E-state index in [0.717, 1.165) is 5.92 Å². The lowest BCUT2D eigenvalue weighted by atomic mass is 9.37. The Morgan fingerprint density at radius 2 is 1.54 bits per heavy atom. The lowest BCUT2D eigenvalue weighted by Crippen LogP contribution is -2.28. The maximum atomic E-state index is 4.07. The second kappa shape index (κ2) is 3.90. The molecule has 0 rings (SSSR count). The number of hydrogen-bond donors (Lipinski definition) is 0. The summed E-state index contributed by atoms with van der Waals surface area (Å²) in [6.07, 6.45) is 0. The molecule has 0 amide bonds. The van der Waals surface area contributed by atoms with Crippen LogP contribution >= 0.6 is 0 Å². The highest BCUT2D eigenvalue weighted by molar-refractivity contribution is 6.45. The van der Waals surface area contributed by atoms with Crippen molar-refractivity contribution in [3.05, 3.63) is 12.2 Å².